The lowest BCUT2D eigenvalue weighted by Crippen LogP contribution is -2.27. The molecule has 0 bridgehead atoms. The minimum Gasteiger partial charge on any atom is -0.491 e. The molecule has 4 heteroatoms. The smallest absolute Gasteiger partial charge is 0.144 e. The summed E-state index contributed by atoms with van der Waals surface area (Å²) >= 11 is 0. The summed E-state index contributed by atoms with van der Waals surface area (Å²) in [7, 11) is 4.34. The molecule has 0 aliphatic carbocycles. The Bertz CT molecular complexity index is 436. The zero-order valence-corrected chi connectivity index (χ0v) is 12.9. The number of benzene rings is 1. The van der Waals surface area contributed by atoms with Crippen LogP contribution in [0.25, 0.3) is 0 Å². The van der Waals surface area contributed by atoms with Crippen LogP contribution in [-0.4, -0.2) is 45.2 Å². The van der Waals surface area contributed by atoms with E-state index >= 15 is 0 Å². The third kappa shape index (κ3) is 3.79. The second-order valence-corrected chi connectivity index (χ2v) is 5.87. The van der Waals surface area contributed by atoms with Gasteiger partial charge in [-0.25, -0.2) is 0 Å². The Kier molecular flexibility index (Phi) is 5.12. The van der Waals surface area contributed by atoms with E-state index in [1.54, 1.807) is 0 Å². The van der Waals surface area contributed by atoms with Crippen LogP contribution in [0.2, 0.25) is 0 Å². The molecule has 1 aliphatic rings. The summed E-state index contributed by atoms with van der Waals surface area (Å²) in [6.07, 6.45) is 2.28. The van der Waals surface area contributed by atoms with E-state index in [1.807, 2.05) is 6.07 Å². The third-order valence-corrected chi connectivity index (χ3v) is 3.92. The van der Waals surface area contributed by atoms with Gasteiger partial charge >= 0.3 is 0 Å². The summed E-state index contributed by atoms with van der Waals surface area (Å²) in [6, 6.07) is 6.08. The van der Waals surface area contributed by atoms with E-state index in [1.165, 1.54) is 25.2 Å². The van der Waals surface area contributed by atoms with Crippen LogP contribution < -0.4 is 15.4 Å². The van der Waals surface area contributed by atoms with Crippen LogP contribution >= 0.6 is 0 Å². The maximum Gasteiger partial charge on any atom is 0.144 e. The van der Waals surface area contributed by atoms with Crippen LogP contribution in [0.5, 0.6) is 5.75 Å². The Morgan fingerprint density at radius 1 is 1.45 bits per heavy atom. The number of rotatable bonds is 6. The van der Waals surface area contributed by atoms with Gasteiger partial charge in [0, 0.05) is 31.9 Å². The van der Waals surface area contributed by atoms with Gasteiger partial charge in [-0.15, -0.1) is 0 Å². The molecule has 1 saturated heterocycles. The minimum atomic E-state index is 0.713. The Morgan fingerprint density at radius 2 is 2.25 bits per heavy atom. The minimum absolute atomic E-state index is 0.713. The van der Waals surface area contributed by atoms with Gasteiger partial charge < -0.3 is 20.3 Å². The average molecular weight is 277 g/mol. The first-order valence-corrected chi connectivity index (χ1v) is 7.52. The van der Waals surface area contributed by atoms with Crippen molar-refractivity contribution in [3.63, 3.8) is 0 Å². The maximum absolute atomic E-state index is 5.96. The zero-order valence-electron chi connectivity index (χ0n) is 12.9. The molecule has 0 radical (unpaired) electrons. The topological polar surface area (TPSA) is 41.7 Å². The van der Waals surface area contributed by atoms with Gasteiger partial charge in [0.2, 0.25) is 0 Å². The van der Waals surface area contributed by atoms with E-state index in [9.17, 15) is 0 Å². The van der Waals surface area contributed by atoms with Crippen LogP contribution in [0.3, 0.4) is 0 Å². The molecule has 2 rings (SSSR count). The van der Waals surface area contributed by atoms with Crippen molar-refractivity contribution in [2.45, 2.75) is 19.8 Å². The lowest BCUT2D eigenvalue weighted by Gasteiger charge is -2.24. The summed E-state index contributed by atoms with van der Waals surface area (Å²) in [5.74, 6) is 1.56. The van der Waals surface area contributed by atoms with E-state index in [2.05, 4.69) is 43.0 Å². The van der Waals surface area contributed by atoms with Crippen LogP contribution in [0.1, 0.15) is 19.8 Å². The number of likely N-dealkylation sites (tertiary alicyclic amines) is 1. The zero-order chi connectivity index (χ0) is 14.5. The van der Waals surface area contributed by atoms with E-state index in [-0.39, 0.29) is 0 Å². The molecule has 2 N–H and O–H groups in total. The van der Waals surface area contributed by atoms with Crippen molar-refractivity contribution >= 4 is 11.4 Å². The van der Waals surface area contributed by atoms with Crippen LogP contribution in [-0.2, 0) is 0 Å². The predicted octanol–water partition coefficient (Wildman–Crippen LogP) is 2.45. The standard InChI is InChI=1S/C16H27N3O/c1-4-9-20-16-10-14(5-6-15(16)17)19(3)12-13-7-8-18(2)11-13/h5-6,10,13H,4,7-9,11-12,17H2,1-3H3. The van der Waals surface area contributed by atoms with Gasteiger partial charge in [0.25, 0.3) is 0 Å². The fraction of sp³-hybridized carbons (Fsp3) is 0.625. The van der Waals surface area contributed by atoms with Crippen molar-refractivity contribution in [3.05, 3.63) is 18.2 Å². The lowest BCUT2D eigenvalue weighted by molar-refractivity contribution is 0.319. The highest BCUT2D eigenvalue weighted by atomic mass is 16.5. The number of anilines is 2. The Morgan fingerprint density at radius 3 is 2.90 bits per heavy atom. The number of hydrogen-bond donors (Lipinski definition) is 1. The molecule has 1 heterocycles. The molecular formula is C16H27N3O. The molecule has 1 aliphatic heterocycles. The Hall–Kier alpha value is -1.42. The van der Waals surface area contributed by atoms with E-state index < -0.39 is 0 Å². The van der Waals surface area contributed by atoms with Gasteiger partial charge in [-0.3, -0.25) is 0 Å². The summed E-state index contributed by atoms with van der Waals surface area (Å²) in [5.41, 5.74) is 7.86. The van der Waals surface area contributed by atoms with E-state index in [0.717, 1.165) is 30.3 Å². The number of ether oxygens (including phenoxy) is 1. The molecule has 0 spiro atoms. The molecule has 1 aromatic rings. The van der Waals surface area contributed by atoms with E-state index in [0.29, 0.717) is 6.61 Å². The molecule has 0 saturated carbocycles. The average Bonchev–Trinajstić information content (AvgIpc) is 2.83. The number of hydrogen-bond acceptors (Lipinski definition) is 4. The first-order chi connectivity index (χ1) is 9.60. The second kappa shape index (κ2) is 6.84. The molecule has 20 heavy (non-hydrogen) atoms. The molecule has 1 atom stereocenters. The van der Waals surface area contributed by atoms with Crippen LogP contribution in [0.4, 0.5) is 11.4 Å². The van der Waals surface area contributed by atoms with Crippen molar-refractivity contribution in [2.75, 3.05) is 51.0 Å². The first kappa shape index (κ1) is 15.0. The molecule has 112 valence electrons. The van der Waals surface area contributed by atoms with Crippen LogP contribution in [0, 0.1) is 5.92 Å². The van der Waals surface area contributed by atoms with Crippen LogP contribution in [0.15, 0.2) is 18.2 Å². The van der Waals surface area contributed by atoms with Gasteiger partial charge in [-0.1, -0.05) is 6.92 Å². The second-order valence-electron chi connectivity index (χ2n) is 5.87. The molecular weight excluding hydrogens is 250 g/mol. The largest absolute Gasteiger partial charge is 0.491 e. The summed E-state index contributed by atoms with van der Waals surface area (Å²) in [6.45, 7) is 6.30. The van der Waals surface area contributed by atoms with Crippen molar-refractivity contribution in [2.24, 2.45) is 5.92 Å². The number of nitrogens with zero attached hydrogens (tertiary/aromatic N) is 2. The summed E-state index contributed by atoms with van der Waals surface area (Å²) < 4.78 is 5.70. The van der Waals surface area contributed by atoms with E-state index in [4.69, 9.17) is 10.5 Å². The first-order valence-electron chi connectivity index (χ1n) is 7.52. The normalized spacial score (nSPS) is 19.2. The monoisotopic (exact) mass is 277 g/mol. The number of nitrogen functional groups attached to an aromatic ring is 1. The highest BCUT2D eigenvalue weighted by Gasteiger charge is 2.21. The summed E-state index contributed by atoms with van der Waals surface area (Å²) in [5, 5.41) is 0. The molecule has 1 unspecified atom stereocenters. The summed E-state index contributed by atoms with van der Waals surface area (Å²) in [4.78, 5) is 4.71. The predicted molar refractivity (Wildman–Crippen MR) is 85.5 cm³/mol. The Balaban J connectivity index is 2.00. The Labute approximate surface area is 122 Å². The molecule has 4 nitrogen and oxygen atoms in total. The quantitative estimate of drug-likeness (QED) is 0.811. The maximum atomic E-state index is 5.96. The highest BCUT2D eigenvalue weighted by Crippen LogP contribution is 2.28. The van der Waals surface area contributed by atoms with Crippen molar-refractivity contribution < 1.29 is 4.74 Å². The molecule has 1 aromatic carbocycles. The van der Waals surface area contributed by atoms with Gasteiger partial charge in [0.15, 0.2) is 0 Å². The van der Waals surface area contributed by atoms with Crippen molar-refractivity contribution in [1.29, 1.82) is 0 Å². The fourth-order valence-electron chi connectivity index (χ4n) is 2.77. The molecule has 0 amide bonds. The SMILES string of the molecule is CCCOc1cc(N(C)CC2CCN(C)C2)ccc1N. The number of nitrogens with two attached hydrogens (primary N) is 1. The van der Waals surface area contributed by atoms with Gasteiger partial charge in [0.05, 0.1) is 12.3 Å². The lowest BCUT2D eigenvalue weighted by atomic mass is 10.1. The fourth-order valence-corrected chi connectivity index (χ4v) is 2.77. The van der Waals surface area contributed by atoms with Crippen molar-refractivity contribution in [1.82, 2.24) is 4.90 Å². The molecule has 0 aromatic heterocycles. The van der Waals surface area contributed by atoms with Gasteiger partial charge in [-0.2, -0.15) is 0 Å². The highest BCUT2D eigenvalue weighted by molar-refractivity contribution is 5.62. The third-order valence-electron chi connectivity index (χ3n) is 3.92. The van der Waals surface area contributed by atoms with Gasteiger partial charge in [-0.05, 0) is 44.5 Å². The van der Waals surface area contributed by atoms with Gasteiger partial charge in [0.1, 0.15) is 5.75 Å². The molecule has 1 fully saturated rings. The van der Waals surface area contributed by atoms with Crippen molar-refractivity contribution in [3.8, 4) is 5.75 Å².